The second kappa shape index (κ2) is 7.86. The fourth-order valence-corrected chi connectivity index (χ4v) is 3.99. The Morgan fingerprint density at radius 3 is 2.64 bits per heavy atom. The minimum Gasteiger partial charge on any atom is -0.325 e. The van der Waals surface area contributed by atoms with Crippen molar-refractivity contribution in [2.45, 2.75) is 33.2 Å². The Morgan fingerprint density at radius 2 is 2.00 bits per heavy atom. The summed E-state index contributed by atoms with van der Waals surface area (Å²) in [6, 6.07) is 8.46. The van der Waals surface area contributed by atoms with Gasteiger partial charge in [-0.05, 0) is 18.9 Å². The van der Waals surface area contributed by atoms with E-state index in [-0.39, 0.29) is 5.91 Å². The predicted molar refractivity (Wildman–Crippen MR) is 104 cm³/mol. The van der Waals surface area contributed by atoms with Gasteiger partial charge in [-0.25, -0.2) is 9.97 Å². The zero-order chi connectivity index (χ0) is 17.8. The van der Waals surface area contributed by atoms with Gasteiger partial charge in [0.15, 0.2) is 5.13 Å². The highest BCUT2D eigenvalue weighted by molar-refractivity contribution is 7.16. The highest BCUT2D eigenvalue weighted by atomic mass is 32.1. The van der Waals surface area contributed by atoms with E-state index < -0.39 is 0 Å². The molecule has 0 spiro atoms. The third kappa shape index (κ3) is 4.12. The molecule has 0 saturated heterocycles. The molecule has 3 aromatic rings. The van der Waals surface area contributed by atoms with Crippen LogP contribution in [-0.4, -0.2) is 15.9 Å². The Bertz CT molecular complexity index is 868. The minimum absolute atomic E-state index is 0.255. The van der Waals surface area contributed by atoms with Crippen molar-refractivity contribution in [2.75, 3.05) is 5.32 Å². The number of aromatic nitrogens is 2. The SMILES string of the molecule is CCCc1ccc(-c2nc(NC(=O)c3csc(CN)n3)sc2C)cc1. The van der Waals surface area contributed by atoms with Gasteiger partial charge in [0.25, 0.3) is 5.91 Å². The molecule has 0 aliphatic carbocycles. The van der Waals surface area contributed by atoms with Gasteiger partial charge in [0.1, 0.15) is 10.7 Å². The number of nitrogens with zero attached hydrogens (tertiary/aromatic N) is 2. The van der Waals surface area contributed by atoms with Crippen molar-refractivity contribution in [1.82, 2.24) is 9.97 Å². The van der Waals surface area contributed by atoms with Crippen LogP contribution in [0.4, 0.5) is 5.13 Å². The van der Waals surface area contributed by atoms with Crippen molar-refractivity contribution in [3.05, 3.63) is 50.8 Å². The summed E-state index contributed by atoms with van der Waals surface area (Å²) < 4.78 is 0. The molecule has 3 rings (SSSR count). The van der Waals surface area contributed by atoms with Crippen LogP contribution in [0.25, 0.3) is 11.3 Å². The first kappa shape index (κ1) is 17.7. The lowest BCUT2D eigenvalue weighted by Gasteiger charge is -2.02. The predicted octanol–water partition coefficient (Wildman–Crippen LogP) is 4.24. The van der Waals surface area contributed by atoms with Crippen LogP contribution in [0.1, 0.15) is 39.3 Å². The number of carbonyl (C=O) groups is 1. The highest BCUT2D eigenvalue weighted by Crippen LogP contribution is 2.31. The van der Waals surface area contributed by atoms with E-state index in [9.17, 15) is 4.79 Å². The van der Waals surface area contributed by atoms with E-state index in [1.807, 2.05) is 6.92 Å². The van der Waals surface area contributed by atoms with Crippen LogP contribution < -0.4 is 11.1 Å². The summed E-state index contributed by atoms with van der Waals surface area (Å²) in [7, 11) is 0. The summed E-state index contributed by atoms with van der Waals surface area (Å²) in [4.78, 5) is 22.1. The summed E-state index contributed by atoms with van der Waals surface area (Å²) in [5, 5.41) is 5.87. The number of nitrogens with one attached hydrogen (secondary N) is 1. The number of hydrogen-bond acceptors (Lipinski definition) is 6. The third-order valence-corrected chi connectivity index (χ3v) is 5.50. The molecule has 0 saturated carbocycles. The lowest BCUT2D eigenvalue weighted by molar-refractivity contribution is 0.102. The Kier molecular flexibility index (Phi) is 5.57. The van der Waals surface area contributed by atoms with Gasteiger partial charge in [-0.2, -0.15) is 0 Å². The van der Waals surface area contributed by atoms with E-state index in [0.29, 0.717) is 17.4 Å². The largest absolute Gasteiger partial charge is 0.325 e. The molecule has 2 aromatic heterocycles. The summed E-state index contributed by atoms with van der Waals surface area (Å²) in [5.74, 6) is -0.255. The van der Waals surface area contributed by atoms with Gasteiger partial charge < -0.3 is 5.73 Å². The van der Waals surface area contributed by atoms with Crippen LogP contribution in [-0.2, 0) is 13.0 Å². The van der Waals surface area contributed by atoms with Crippen molar-refractivity contribution in [3.8, 4) is 11.3 Å². The average molecular weight is 373 g/mol. The smallest absolute Gasteiger partial charge is 0.276 e. The van der Waals surface area contributed by atoms with Gasteiger partial charge in [-0.1, -0.05) is 37.6 Å². The number of hydrogen-bond donors (Lipinski definition) is 2. The van der Waals surface area contributed by atoms with Gasteiger partial charge in [-0.3, -0.25) is 10.1 Å². The maximum absolute atomic E-state index is 12.3. The van der Waals surface area contributed by atoms with E-state index in [2.05, 4.69) is 46.5 Å². The second-order valence-electron chi connectivity index (χ2n) is 5.66. The lowest BCUT2D eigenvalue weighted by Crippen LogP contribution is -2.12. The van der Waals surface area contributed by atoms with Crippen molar-refractivity contribution < 1.29 is 4.79 Å². The first-order chi connectivity index (χ1) is 12.1. The van der Waals surface area contributed by atoms with Crippen molar-refractivity contribution in [3.63, 3.8) is 0 Å². The quantitative estimate of drug-likeness (QED) is 0.678. The molecule has 130 valence electrons. The normalized spacial score (nSPS) is 10.8. The second-order valence-corrected chi connectivity index (χ2v) is 7.80. The molecule has 5 nitrogen and oxygen atoms in total. The number of amides is 1. The van der Waals surface area contributed by atoms with Crippen molar-refractivity contribution in [1.29, 1.82) is 0 Å². The monoisotopic (exact) mass is 372 g/mol. The zero-order valence-electron chi connectivity index (χ0n) is 14.2. The summed E-state index contributed by atoms with van der Waals surface area (Å²) in [6.45, 7) is 4.52. The number of nitrogens with two attached hydrogens (primary N) is 1. The molecule has 0 bridgehead atoms. The molecule has 0 atom stereocenters. The van der Waals surface area contributed by atoms with Crippen molar-refractivity contribution >= 4 is 33.7 Å². The van der Waals surface area contributed by atoms with Crippen LogP contribution in [0.5, 0.6) is 0 Å². The van der Waals surface area contributed by atoms with Crippen LogP contribution in [0.2, 0.25) is 0 Å². The van der Waals surface area contributed by atoms with Crippen LogP contribution in [0, 0.1) is 6.92 Å². The fourth-order valence-electron chi connectivity index (χ4n) is 2.51. The van der Waals surface area contributed by atoms with Gasteiger partial charge in [0.05, 0.1) is 5.69 Å². The Labute approximate surface area is 155 Å². The standard InChI is InChI=1S/C18H20N4OS2/c1-3-4-12-5-7-13(8-6-12)16-11(2)25-18(21-16)22-17(23)14-10-24-15(9-19)20-14/h5-8,10H,3-4,9,19H2,1-2H3,(H,21,22,23). The molecule has 7 heteroatoms. The molecule has 0 aliphatic heterocycles. The van der Waals surface area contributed by atoms with Gasteiger partial charge in [0.2, 0.25) is 0 Å². The lowest BCUT2D eigenvalue weighted by atomic mass is 10.1. The molecule has 0 unspecified atom stereocenters. The van der Waals surface area contributed by atoms with Gasteiger partial charge in [-0.15, -0.1) is 22.7 Å². The van der Waals surface area contributed by atoms with E-state index in [0.717, 1.165) is 34.0 Å². The fraction of sp³-hybridized carbons (Fsp3) is 0.278. The summed E-state index contributed by atoms with van der Waals surface area (Å²) in [5.41, 5.74) is 9.21. The molecule has 0 fully saturated rings. The number of aryl methyl sites for hydroxylation is 2. The maximum Gasteiger partial charge on any atom is 0.276 e. The molecule has 3 N–H and O–H groups in total. The Balaban J connectivity index is 1.76. The van der Waals surface area contributed by atoms with E-state index in [4.69, 9.17) is 5.73 Å². The number of rotatable bonds is 6. The highest BCUT2D eigenvalue weighted by Gasteiger charge is 2.15. The Morgan fingerprint density at radius 1 is 1.24 bits per heavy atom. The molecule has 1 amide bonds. The Hall–Kier alpha value is -2.09. The average Bonchev–Trinajstić information content (AvgIpc) is 3.22. The first-order valence-corrected chi connectivity index (χ1v) is 9.83. The van der Waals surface area contributed by atoms with E-state index in [1.165, 1.54) is 28.2 Å². The molecule has 0 aliphatic rings. The topological polar surface area (TPSA) is 80.9 Å². The molecule has 25 heavy (non-hydrogen) atoms. The molecule has 2 heterocycles. The maximum atomic E-state index is 12.3. The summed E-state index contributed by atoms with van der Waals surface area (Å²) >= 11 is 2.85. The number of anilines is 1. The third-order valence-electron chi connectivity index (χ3n) is 3.74. The minimum atomic E-state index is -0.255. The molecular formula is C18H20N4OS2. The summed E-state index contributed by atoms with van der Waals surface area (Å²) in [6.07, 6.45) is 2.21. The van der Waals surface area contributed by atoms with Gasteiger partial charge in [0, 0.05) is 22.4 Å². The molecule has 1 aromatic carbocycles. The molecular weight excluding hydrogens is 352 g/mol. The van der Waals surface area contributed by atoms with Crippen LogP contribution in [0.3, 0.4) is 0 Å². The van der Waals surface area contributed by atoms with Crippen LogP contribution >= 0.6 is 22.7 Å². The number of carbonyl (C=O) groups excluding carboxylic acids is 1. The van der Waals surface area contributed by atoms with E-state index in [1.54, 1.807) is 5.38 Å². The van der Waals surface area contributed by atoms with E-state index >= 15 is 0 Å². The van der Waals surface area contributed by atoms with Crippen molar-refractivity contribution in [2.24, 2.45) is 5.73 Å². The molecule has 0 radical (unpaired) electrons. The van der Waals surface area contributed by atoms with Crippen LogP contribution in [0.15, 0.2) is 29.6 Å². The zero-order valence-corrected chi connectivity index (χ0v) is 15.8. The number of thiazole rings is 2. The number of benzene rings is 1. The van der Waals surface area contributed by atoms with Gasteiger partial charge >= 0.3 is 0 Å². The first-order valence-electron chi connectivity index (χ1n) is 8.13.